The Hall–Kier alpha value is -2.38. The molecule has 1 heterocycles. The molecule has 1 atom stereocenters. The first-order valence-electron chi connectivity index (χ1n) is 6.68. The molecule has 0 fully saturated rings. The van der Waals surface area contributed by atoms with Crippen molar-refractivity contribution in [3.8, 4) is 0 Å². The summed E-state index contributed by atoms with van der Waals surface area (Å²) in [5.41, 5.74) is 0.807. The normalized spacial score (nSPS) is 16.3. The Bertz CT molecular complexity index is 1000. The van der Waals surface area contributed by atoms with Crippen LogP contribution in [0.2, 0.25) is 0 Å². The summed E-state index contributed by atoms with van der Waals surface area (Å²) in [5.74, 6) is -1.24. The highest BCUT2D eigenvalue weighted by atomic mass is 33.1. The van der Waals surface area contributed by atoms with E-state index in [-0.39, 0.29) is 5.56 Å². The number of carboxylic acid groups (broad SMARTS) is 2. The number of carbonyl (C=O) groups excluding carboxylic acids is 1. The van der Waals surface area contributed by atoms with Crippen LogP contribution in [0.1, 0.15) is 10.4 Å². The first kappa shape index (κ1) is 14.2. The minimum Gasteiger partial charge on any atom is -0.545 e. The van der Waals surface area contributed by atoms with Crippen LogP contribution in [0.25, 0.3) is 21.5 Å². The Morgan fingerprint density at radius 3 is 2.61 bits per heavy atom. The summed E-state index contributed by atoms with van der Waals surface area (Å²) < 4.78 is 2.99. The van der Waals surface area contributed by atoms with Crippen LogP contribution in [0.15, 0.2) is 47.4 Å². The van der Waals surface area contributed by atoms with Crippen LogP contribution in [0.3, 0.4) is 0 Å². The quantitative estimate of drug-likeness (QED) is 0.401. The lowest BCUT2D eigenvalue weighted by Gasteiger charge is -2.13. The number of rotatable bonds is 1. The first-order valence-corrected chi connectivity index (χ1v) is 9.24. The zero-order valence-corrected chi connectivity index (χ0v) is 13.2. The molecule has 3 aromatic rings. The van der Waals surface area contributed by atoms with Gasteiger partial charge in [-0.05, 0) is 28.3 Å². The van der Waals surface area contributed by atoms with Gasteiger partial charge in [0.2, 0.25) is 0 Å². The van der Waals surface area contributed by atoms with Gasteiger partial charge in [0.25, 0.3) is 10.1 Å². The van der Waals surface area contributed by atoms with Crippen LogP contribution in [0.5, 0.6) is 0 Å². The molecule has 0 radical (unpaired) electrons. The summed E-state index contributed by atoms with van der Waals surface area (Å²) >= 11 is 0. The summed E-state index contributed by atoms with van der Waals surface area (Å²) in [7, 11) is 0.171. The second-order valence-electron chi connectivity index (χ2n) is 5.01. The van der Waals surface area contributed by atoms with Crippen molar-refractivity contribution in [2.45, 2.75) is 4.90 Å². The van der Waals surface area contributed by atoms with Crippen molar-refractivity contribution in [3.05, 3.63) is 48.0 Å². The number of hydrogen-bond acceptors (Lipinski definition) is 5. The molecule has 2 N–H and O–H groups in total. The molecule has 0 aromatic heterocycles. The summed E-state index contributed by atoms with van der Waals surface area (Å²) in [5, 5.41) is 22.6. The van der Waals surface area contributed by atoms with E-state index in [1.807, 2.05) is 18.2 Å². The molecule has 3 aromatic carbocycles. The standard InChI is InChI=1S/C16H9NO4S2/c18-15(19)13-9-4-2-1-3-8(9)7-11-10(13)5-6-12-14(11)17-23(22-12)16(20)21/h1-7,17H,(H-,18,19,20,21). The van der Waals surface area contributed by atoms with Crippen molar-refractivity contribution >= 4 is 59.4 Å². The summed E-state index contributed by atoms with van der Waals surface area (Å²) in [6.45, 7) is 0. The molecule has 0 amide bonds. The summed E-state index contributed by atoms with van der Waals surface area (Å²) in [6.07, 6.45) is 0. The molecule has 4 rings (SSSR count). The lowest BCUT2D eigenvalue weighted by molar-refractivity contribution is -0.254. The Morgan fingerprint density at radius 2 is 1.87 bits per heavy atom. The van der Waals surface area contributed by atoms with Crippen molar-refractivity contribution in [2.24, 2.45) is 0 Å². The fourth-order valence-electron chi connectivity index (χ4n) is 2.80. The molecule has 0 saturated carbocycles. The second-order valence-corrected chi connectivity index (χ2v) is 8.21. The molecule has 0 aliphatic carbocycles. The van der Waals surface area contributed by atoms with E-state index in [4.69, 9.17) is 0 Å². The van der Waals surface area contributed by atoms with Crippen LogP contribution in [0, 0.1) is 0 Å². The van der Waals surface area contributed by atoms with Crippen LogP contribution in [-0.2, 0) is 10.1 Å². The van der Waals surface area contributed by atoms with E-state index >= 15 is 0 Å². The predicted octanol–water partition coefficient (Wildman–Crippen LogP) is 3.00. The van der Waals surface area contributed by atoms with E-state index in [0.29, 0.717) is 21.8 Å². The number of fused-ring (bicyclic) bond motifs is 4. The van der Waals surface area contributed by atoms with Crippen LogP contribution >= 0.6 is 10.8 Å². The van der Waals surface area contributed by atoms with E-state index in [9.17, 15) is 19.8 Å². The number of carboxylic acids is 1. The van der Waals surface area contributed by atoms with Gasteiger partial charge in [-0.3, -0.25) is 0 Å². The number of hydrogen-bond donors (Lipinski definition) is 2. The van der Waals surface area contributed by atoms with Gasteiger partial charge >= 0.3 is 5.30 Å². The molecule has 0 bridgehead atoms. The Kier molecular flexibility index (Phi) is 3.14. The molecule has 114 valence electrons. The van der Waals surface area contributed by atoms with Crippen molar-refractivity contribution in [1.29, 1.82) is 0 Å². The highest BCUT2D eigenvalue weighted by molar-refractivity contribution is 8.80. The summed E-state index contributed by atoms with van der Waals surface area (Å²) in [4.78, 5) is 23.7. The fourth-order valence-corrected chi connectivity index (χ4v) is 5.56. The Morgan fingerprint density at radius 1 is 1.09 bits per heavy atom. The molecule has 1 aliphatic heterocycles. The number of anilines is 1. The minimum atomic E-state index is -1.24. The third-order valence-corrected chi connectivity index (χ3v) is 6.85. The first-order chi connectivity index (χ1) is 11.1. The maximum Gasteiger partial charge on any atom is 0.564 e. The molecular weight excluding hydrogens is 334 g/mol. The zero-order chi connectivity index (χ0) is 16.1. The van der Waals surface area contributed by atoms with Crippen molar-refractivity contribution < 1.29 is 19.8 Å². The van der Waals surface area contributed by atoms with Gasteiger partial charge < -0.3 is 15.0 Å². The van der Waals surface area contributed by atoms with Crippen molar-refractivity contribution in [3.63, 3.8) is 0 Å². The topological polar surface area (TPSA) is 89.5 Å². The third-order valence-electron chi connectivity index (χ3n) is 3.74. The van der Waals surface area contributed by atoms with E-state index in [1.54, 1.807) is 24.3 Å². The average Bonchev–Trinajstić information content (AvgIpc) is 2.97. The maximum absolute atomic E-state index is 11.7. The SMILES string of the molecule is O=C([O-])c1c2ccccc2cc2c3c(ccc12)S[S+](C(=O)O)N3. The van der Waals surface area contributed by atoms with Gasteiger partial charge in [-0.15, -0.1) is 0 Å². The predicted molar refractivity (Wildman–Crippen MR) is 90.7 cm³/mol. The van der Waals surface area contributed by atoms with Gasteiger partial charge in [-0.25, -0.2) is 0 Å². The van der Waals surface area contributed by atoms with E-state index in [0.717, 1.165) is 10.3 Å². The van der Waals surface area contributed by atoms with Crippen LogP contribution < -0.4 is 9.83 Å². The molecule has 0 saturated heterocycles. The van der Waals surface area contributed by atoms with E-state index in [2.05, 4.69) is 4.72 Å². The van der Waals surface area contributed by atoms with E-state index in [1.165, 1.54) is 10.8 Å². The summed E-state index contributed by atoms with van der Waals surface area (Å²) in [6, 6.07) is 12.6. The average molecular weight is 343 g/mol. The second kappa shape index (κ2) is 5.07. The molecule has 5 nitrogen and oxygen atoms in total. The molecule has 0 spiro atoms. The Labute approximate surface area is 137 Å². The fraction of sp³-hybridized carbons (Fsp3) is 0. The Balaban J connectivity index is 2.09. The minimum absolute atomic E-state index is 0.134. The largest absolute Gasteiger partial charge is 0.564 e. The molecule has 1 aliphatic rings. The zero-order valence-electron chi connectivity index (χ0n) is 11.5. The number of benzene rings is 3. The third kappa shape index (κ3) is 2.12. The van der Waals surface area contributed by atoms with Gasteiger partial charge in [0.1, 0.15) is 5.69 Å². The highest BCUT2D eigenvalue weighted by Gasteiger charge is 2.42. The molecule has 23 heavy (non-hydrogen) atoms. The van der Waals surface area contributed by atoms with Crippen LogP contribution in [-0.4, -0.2) is 16.4 Å². The van der Waals surface area contributed by atoms with Crippen molar-refractivity contribution in [1.82, 2.24) is 0 Å². The lowest BCUT2D eigenvalue weighted by atomic mass is 9.96. The van der Waals surface area contributed by atoms with Gasteiger partial charge in [-0.1, -0.05) is 30.3 Å². The van der Waals surface area contributed by atoms with E-state index < -0.39 is 21.4 Å². The van der Waals surface area contributed by atoms with Gasteiger partial charge in [0, 0.05) is 10.9 Å². The monoisotopic (exact) mass is 343 g/mol. The smallest absolute Gasteiger partial charge is 0.545 e. The molecule has 1 unspecified atom stereocenters. The molecular formula is C16H9NO4S2. The number of carbonyl (C=O) groups is 2. The number of aromatic carboxylic acids is 1. The maximum atomic E-state index is 11.7. The molecule has 7 heteroatoms. The van der Waals surface area contributed by atoms with Crippen LogP contribution in [0.4, 0.5) is 10.5 Å². The van der Waals surface area contributed by atoms with Gasteiger partial charge in [-0.2, -0.15) is 9.52 Å². The lowest BCUT2D eigenvalue weighted by Crippen LogP contribution is -2.23. The van der Waals surface area contributed by atoms with Crippen molar-refractivity contribution in [2.75, 3.05) is 4.72 Å². The number of nitrogens with one attached hydrogen (secondary N) is 1. The highest BCUT2D eigenvalue weighted by Crippen LogP contribution is 2.46. The van der Waals surface area contributed by atoms with Gasteiger partial charge in [0.15, 0.2) is 10.8 Å². The van der Waals surface area contributed by atoms with Gasteiger partial charge in [0.05, 0.1) is 10.9 Å².